The minimum absolute atomic E-state index is 0.00974. The number of esters is 1. The number of aromatic nitrogens is 4. The number of azo groups is 1. The molecule has 6 rings (SSSR count). The van der Waals surface area contributed by atoms with Crippen molar-refractivity contribution >= 4 is 72.1 Å². The van der Waals surface area contributed by atoms with Crippen LogP contribution < -0.4 is 15.4 Å². The highest BCUT2D eigenvalue weighted by Crippen LogP contribution is 2.40. The Bertz CT molecular complexity index is 2900. The number of nitrogens with zero attached hydrogens (tertiary/aromatic N) is 7. The second kappa shape index (κ2) is 17.2. The standard InChI is InChI=1S/C46H52N10O4S2/c1-14-37(57)60-24-46(12,13)55-62(58,59)32-15-16-34-35(22-32)61-44(48-34)56-43(33(23-47)41(54-56)45(9,10)11)53-52-40-31(8)21-36(49-38-27(4)17-25(2)18-28(38)5)50-42(40)51-39-29(6)19-26(3)20-30(39)7/h14-22,55H,1,24H2,2-13H3,(H2,49,50,51). The van der Waals surface area contributed by atoms with Crippen molar-refractivity contribution in [1.29, 1.82) is 5.26 Å². The number of hydrogen-bond acceptors (Lipinski definition) is 13. The van der Waals surface area contributed by atoms with Gasteiger partial charge in [-0.05, 0) is 114 Å². The van der Waals surface area contributed by atoms with Gasteiger partial charge in [0.2, 0.25) is 15.2 Å². The molecule has 3 heterocycles. The van der Waals surface area contributed by atoms with Crippen molar-refractivity contribution in [1.82, 2.24) is 24.5 Å². The third-order valence-corrected chi connectivity index (χ3v) is 12.6. The fourth-order valence-electron chi connectivity index (χ4n) is 7.22. The van der Waals surface area contributed by atoms with E-state index >= 15 is 0 Å². The van der Waals surface area contributed by atoms with E-state index in [-0.39, 0.29) is 22.9 Å². The Kier molecular flexibility index (Phi) is 12.6. The number of carbonyl (C=O) groups excluding carboxylic acids is 1. The number of thiazole rings is 1. The number of ether oxygens (including phenoxy) is 1. The first-order valence-corrected chi connectivity index (χ1v) is 22.2. The molecule has 3 aromatic heterocycles. The minimum Gasteiger partial charge on any atom is -0.461 e. The van der Waals surface area contributed by atoms with E-state index in [1.54, 1.807) is 19.9 Å². The van der Waals surface area contributed by atoms with Gasteiger partial charge in [-0.15, -0.1) is 10.2 Å². The molecule has 6 aromatic rings. The van der Waals surface area contributed by atoms with Gasteiger partial charge in [-0.1, -0.05) is 74.1 Å². The summed E-state index contributed by atoms with van der Waals surface area (Å²) in [5.41, 5.74) is 9.18. The summed E-state index contributed by atoms with van der Waals surface area (Å²) < 4.78 is 36.8. The van der Waals surface area contributed by atoms with Crippen molar-refractivity contribution in [3.63, 3.8) is 0 Å². The third-order valence-electron chi connectivity index (χ3n) is 9.95. The fraction of sp³-hybridized carbons (Fsp3) is 0.326. The van der Waals surface area contributed by atoms with Gasteiger partial charge in [-0.3, -0.25) is 0 Å². The summed E-state index contributed by atoms with van der Waals surface area (Å²) in [7, 11) is -4.06. The zero-order valence-corrected chi connectivity index (χ0v) is 38.8. The van der Waals surface area contributed by atoms with Crippen LogP contribution in [-0.2, 0) is 25.0 Å². The van der Waals surface area contributed by atoms with Gasteiger partial charge in [0.05, 0.1) is 26.3 Å². The largest absolute Gasteiger partial charge is 0.461 e. The predicted octanol–water partition coefficient (Wildman–Crippen LogP) is 10.9. The third kappa shape index (κ3) is 9.75. The molecule has 0 amide bonds. The lowest BCUT2D eigenvalue weighted by molar-refractivity contribution is -0.139. The molecule has 3 aromatic carbocycles. The Morgan fingerprint density at radius 3 is 2.03 bits per heavy atom. The van der Waals surface area contributed by atoms with Crippen LogP contribution in [0.25, 0.3) is 15.3 Å². The van der Waals surface area contributed by atoms with E-state index in [1.807, 2.05) is 47.6 Å². The average molecular weight is 873 g/mol. The smallest absolute Gasteiger partial charge is 0.330 e. The first-order valence-electron chi connectivity index (χ1n) is 19.9. The van der Waals surface area contributed by atoms with Gasteiger partial charge >= 0.3 is 5.97 Å². The number of benzene rings is 3. The molecule has 0 unspecified atom stereocenters. The lowest BCUT2D eigenvalue weighted by Gasteiger charge is -2.25. The molecule has 322 valence electrons. The van der Waals surface area contributed by atoms with Gasteiger partial charge in [0.15, 0.2) is 11.6 Å². The topological polar surface area (TPSA) is 189 Å². The lowest BCUT2D eigenvalue weighted by Crippen LogP contribution is -2.47. The molecule has 62 heavy (non-hydrogen) atoms. The van der Waals surface area contributed by atoms with Crippen LogP contribution in [-0.4, -0.2) is 46.3 Å². The van der Waals surface area contributed by atoms with E-state index in [0.29, 0.717) is 38.4 Å². The van der Waals surface area contributed by atoms with Crippen molar-refractivity contribution in [3.8, 4) is 11.2 Å². The molecule has 14 nitrogen and oxygen atoms in total. The first kappa shape index (κ1) is 45.3. The number of anilines is 4. The molecule has 0 fully saturated rings. The molecule has 0 aliphatic rings. The van der Waals surface area contributed by atoms with E-state index in [2.05, 4.69) is 80.0 Å². The number of hydrogen-bond donors (Lipinski definition) is 3. The summed E-state index contributed by atoms with van der Waals surface area (Å²) in [6.45, 7) is 26.5. The van der Waals surface area contributed by atoms with Crippen LogP contribution in [0.1, 0.15) is 84.8 Å². The Morgan fingerprint density at radius 2 is 1.47 bits per heavy atom. The van der Waals surface area contributed by atoms with Crippen molar-refractivity contribution in [2.24, 2.45) is 10.2 Å². The maximum absolute atomic E-state index is 13.5. The Labute approximate surface area is 367 Å². The second-order valence-electron chi connectivity index (χ2n) is 17.3. The van der Waals surface area contributed by atoms with Gasteiger partial charge in [-0.2, -0.15) is 15.0 Å². The predicted molar refractivity (Wildman–Crippen MR) is 247 cm³/mol. The molecule has 3 N–H and O–H groups in total. The minimum atomic E-state index is -4.06. The lowest BCUT2D eigenvalue weighted by atomic mass is 9.90. The normalized spacial score (nSPS) is 12.2. The van der Waals surface area contributed by atoms with Crippen LogP contribution in [0.4, 0.5) is 34.5 Å². The number of pyridine rings is 1. The first-order chi connectivity index (χ1) is 29.0. The molecule has 0 radical (unpaired) electrons. The molecule has 0 aliphatic heterocycles. The zero-order chi connectivity index (χ0) is 45.5. The van der Waals surface area contributed by atoms with E-state index in [1.165, 1.54) is 33.7 Å². The van der Waals surface area contributed by atoms with Gasteiger partial charge in [0.1, 0.15) is 29.7 Å². The van der Waals surface area contributed by atoms with Gasteiger partial charge in [0, 0.05) is 22.9 Å². The summed E-state index contributed by atoms with van der Waals surface area (Å²) >= 11 is 1.19. The molecule has 0 bridgehead atoms. The van der Waals surface area contributed by atoms with Gasteiger partial charge in [0.25, 0.3) is 0 Å². The van der Waals surface area contributed by atoms with Crippen LogP contribution in [0.5, 0.6) is 0 Å². The number of fused-ring (bicyclic) bond motifs is 1. The molecule has 16 heteroatoms. The zero-order valence-electron chi connectivity index (χ0n) is 37.2. The van der Waals surface area contributed by atoms with Crippen molar-refractivity contribution in [2.45, 2.75) is 98.9 Å². The SMILES string of the molecule is C=CC(=O)OCC(C)(C)NS(=O)(=O)c1ccc2nc(-n3nc(C(C)(C)C)c(C#N)c3N=Nc3c(C)cc(Nc4c(C)cc(C)cc4C)nc3Nc3c(C)cc(C)cc3C)sc2c1. The van der Waals surface area contributed by atoms with Crippen molar-refractivity contribution in [3.05, 3.63) is 111 Å². The molecule has 0 saturated heterocycles. The second-order valence-corrected chi connectivity index (χ2v) is 20.0. The fourth-order valence-corrected chi connectivity index (χ4v) is 9.68. The van der Waals surface area contributed by atoms with Crippen molar-refractivity contribution in [2.75, 3.05) is 17.2 Å². The van der Waals surface area contributed by atoms with Crippen LogP contribution in [0.15, 0.2) is 76.3 Å². The Morgan fingerprint density at radius 1 is 0.871 bits per heavy atom. The number of sulfonamides is 1. The molecule has 0 saturated carbocycles. The number of rotatable bonds is 13. The van der Waals surface area contributed by atoms with Gasteiger partial charge in [-0.25, -0.2) is 27.9 Å². The quantitative estimate of drug-likeness (QED) is 0.0572. The molecular formula is C46H52N10O4S2. The Balaban J connectivity index is 1.46. The summed E-state index contributed by atoms with van der Waals surface area (Å²) in [6, 6.07) is 17.3. The monoisotopic (exact) mass is 872 g/mol. The maximum Gasteiger partial charge on any atom is 0.330 e. The van der Waals surface area contributed by atoms with Gasteiger partial charge < -0.3 is 15.4 Å². The highest BCUT2D eigenvalue weighted by atomic mass is 32.2. The average Bonchev–Trinajstić information content (AvgIpc) is 3.77. The number of nitrogens with one attached hydrogen (secondary N) is 3. The Hall–Kier alpha value is -6.28. The highest BCUT2D eigenvalue weighted by Gasteiger charge is 2.31. The summed E-state index contributed by atoms with van der Waals surface area (Å²) in [6.07, 6.45) is 1.01. The van der Waals surface area contributed by atoms with Crippen LogP contribution in [0.3, 0.4) is 0 Å². The molecule has 0 aliphatic carbocycles. The van der Waals surface area contributed by atoms with E-state index in [0.717, 1.165) is 50.8 Å². The van der Waals surface area contributed by atoms with Crippen molar-refractivity contribution < 1.29 is 17.9 Å². The van der Waals surface area contributed by atoms with Crippen LogP contribution >= 0.6 is 11.3 Å². The van der Waals surface area contributed by atoms with Crippen LogP contribution in [0.2, 0.25) is 0 Å². The number of nitriles is 1. The number of carbonyl (C=O) groups is 1. The summed E-state index contributed by atoms with van der Waals surface area (Å²) in [5, 5.41) is 32.5. The summed E-state index contributed by atoms with van der Waals surface area (Å²) in [5.74, 6) is 0.569. The van der Waals surface area contributed by atoms with Crippen LogP contribution in [0, 0.1) is 59.8 Å². The van der Waals surface area contributed by atoms with E-state index in [9.17, 15) is 18.5 Å². The molecular weight excluding hydrogens is 821 g/mol. The highest BCUT2D eigenvalue weighted by molar-refractivity contribution is 7.89. The summed E-state index contributed by atoms with van der Waals surface area (Å²) in [4.78, 5) is 21.5. The number of aryl methyl sites for hydroxylation is 7. The van der Waals surface area contributed by atoms with E-state index in [4.69, 9.17) is 30.0 Å². The van der Waals surface area contributed by atoms with E-state index < -0.39 is 26.9 Å². The molecule has 0 spiro atoms. The molecule has 0 atom stereocenters. The maximum atomic E-state index is 13.5.